The SMILES string of the molecule is O=C1N[C@H](c2cncc(Br)c2)CO1. The molecule has 13 heavy (non-hydrogen) atoms. The van der Waals surface area contributed by atoms with Gasteiger partial charge < -0.3 is 10.1 Å². The van der Waals surface area contributed by atoms with Crippen molar-refractivity contribution in [3.05, 3.63) is 28.5 Å². The normalized spacial score (nSPS) is 21.0. The Balaban J connectivity index is 2.21. The molecule has 0 saturated carbocycles. The Bertz CT molecular complexity index is 343. The molecule has 0 aliphatic carbocycles. The van der Waals surface area contributed by atoms with Crippen LogP contribution in [0.1, 0.15) is 11.6 Å². The maximum Gasteiger partial charge on any atom is 0.407 e. The zero-order chi connectivity index (χ0) is 9.26. The second-order valence-corrected chi connectivity index (χ2v) is 3.65. The van der Waals surface area contributed by atoms with Gasteiger partial charge in [-0.25, -0.2) is 4.79 Å². The van der Waals surface area contributed by atoms with Crippen LogP contribution in [-0.2, 0) is 4.74 Å². The Morgan fingerprint density at radius 3 is 3.08 bits per heavy atom. The van der Waals surface area contributed by atoms with Gasteiger partial charge in [0.25, 0.3) is 0 Å². The lowest BCUT2D eigenvalue weighted by Gasteiger charge is -2.06. The summed E-state index contributed by atoms with van der Waals surface area (Å²) in [6.07, 6.45) is 3.04. The zero-order valence-corrected chi connectivity index (χ0v) is 8.24. The fourth-order valence-corrected chi connectivity index (χ4v) is 1.57. The van der Waals surface area contributed by atoms with Crippen LogP contribution >= 0.6 is 15.9 Å². The van der Waals surface area contributed by atoms with E-state index in [4.69, 9.17) is 4.74 Å². The summed E-state index contributed by atoms with van der Waals surface area (Å²) in [4.78, 5) is 14.7. The molecule has 68 valence electrons. The molecule has 1 amide bonds. The van der Waals surface area contributed by atoms with Gasteiger partial charge in [-0.15, -0.1) is 0 Å². The van der Waals surface area contributed by atoms with Crippen molar-refractivity contribution in [2.24, 2.45) is 0 Å². The van der Waals surface area contributed by atoms with E-state index >= 15 is 0 Å². The van der Waals surface area contributed by atoms with Crippen LogP contribution in [0.4, 0.5) is 4.79 Å². The summed E-state index contributed by atoms with van der Waals surface area (Å²) in [6, 6.07) is 1.84. The third kappa shape index (κ3) is 1.80. The summed E-state index contributed by atoms with van der Waals surface area (Å²) in [6.45, 7) is 0.372. The lowest BCUT2D eigenvalue weighted by Crippen LogP contribution is -2.18. The minimum atomic E-state index is -0.370. The molecule has 2 heterocycles. The van der Waals surface area contributed by atoms with Crippen LogP contribution in [-0.4, -0.2) is 17.7 Å². The molecule has 0 unspecified atom stereocenters. The number of nitrogens with one attached hydrogen (secondary N) is 1. The Morgan fingerprint density at radius 1 is 1.62 bits per heavy atom. The van der Waals surface area contributed by atoms with Gasteiger partial charge in [0.2, 0.25) is 0 Å². The quantitative estimate of drug-likeness (QED) is 0.815. The summed E-state index contributed by atoms with van der Waals surface area (Å²) >= 11 is 3.31. The zero-order valence-electron chi connectivity index (χ0n) is 6.66. The standard InChI is InChI=1S/C8H7BrN2O2/c9-6-1-5(2-10-3-6)7-4-13-8(12)11-7/h1-3,7H,4H2,(H,11,12)/t7-/m0/s1. The molecule has 1 aliphatic heterocycles. The van der Waals surface area contributed by atoms with Gasteiger partial charge in [-0.05, 0) is 27.6 Å². The van der Waals surface area contributed by atoms with E-state index < -0.39 is 0 Å². The monoisotopic (exact) mass is 242 g/mol. The first-order valence-electron chi connectivity index (χ1n) is 3.79. The third-order valence-corrected chi connectivity index (χ3v) is 2.24. The van der Waals surface area contributed by atoms with E-state index in [1.54, 1.807) is 12.4 Å². The summed E-state index contributed by atoms with van der Waals surface area (Å²) in [5, 5.41) is 2.68. The number of alkyl carbamates (subject to hydrolysis) is 1. The van der Waals surface area contributed by atoms with Crippen LogP contribution in [0.15, 0.2) is 22.9 Å². The molecular formula is C8H7BrN2O2. The molecule has 4 nitrogen and oxygen atoms in total. The number of nitrogens with zero attached hydrogens (tertiary/aromatic N) is 1. The molecule has 1 aliphatic rings. The lowest BCUT2D eigenvalue weighted by molar-refractivity contribution is 0.177. The van der Waals surface area contributed by atoms with Gasteiger partial charge in [0.15, 0.2) is 0 Å². The molecule has 1 saturated heterocycles. The molecule has 0 aromatic carbocycles. The van der Waals surface area contributed by atoms with Crippen molar-refractivity contribution in [3.63, 3.8) is 0 Å². The van der Waals surface area contributed by atoms with Crippen molar-refractivity contribution in [1.82, 2.24) is 10.3 Å². The first-order valence-corrected chi connectivity index (χ1v) is 4.59. The van der Waals surface area contributed by atoms with Crippen LogP contribution in [0.25, 0.3) is 0 Å². The van der Waals surface area contributed by atoms with Crippen molar-refractivity contribution in [2.75, 3.05) is 6.61 Å². The summed E-state index contributed by atoms with van der Waals surface area (Å²) < 4.78 is 5.66. The van der Waals surface area contributed by atoms with Gasteiger partial charge >= 0.3 is 6.09 Å². The minimum Gasteiger partial charge on any atom is -0.447 e. The highest BCUT2D eigenvalue weighted by atomic mass is 79.9. The van der Waals surface area contributed by atoms with Gasteiger partial charge in [0.05, 0.1) is 6.04 Å². The summed E-state index contributed by atoms with van der Waals surface area (Å²) in [5.41, 5.74) is 0.945. The topological polar surface area (TPSA) is 51.2 Å². The Kier molecular flexibility index (Phi) is 2.18. The first-order chi connectivity index (χ1) is 6.25. The number of ether oxygens (including phenoxy) is 1. The number of cyclic esters (lactones) is 1. The molecule has 1 aromatic heterocycles. The molecule has 0 radical (unpaired) electrons. The van der Waals surface area contributed by atoms with Crippen LogP contribution in [0.2, 0.25) is 0 Å². The third-order valence-electron chi connectivity index (χ3n) is 1.80. The largest absolute Gasteiger partial charge is 0.447 e. The van der Waals surface area contributed by atoms with Gasteiger partial charge in [-0.2, -0.15) is 0 Å². The first kappa shape index (κ1) is 8.50. The van der Waals surface area contributed by atoms with Crippen molar-refractivity contribution in [1.29, 1.82) is 0 Å². The molecule has 1 N–H and O–H groups in total. The highest BCUT2D eigenvalue weighted by Gasteiger charge is 2.23. The van der Waals surface area contributed by atoms with E-state index in [0.29, 0.717) is 6.61 Å². The molecule has 1 atom stereocenters. The number of rotatable bonds is 1. The predicted octanol–water partition coefficient (Wildman–Crippen LogP) is 1.63. The average Bonchev–Trinajstić information content (AvgIpc) is 2.52. The fraction of sp³-hybridized carbons (Fsp3) is 0.250. The number of carbonyl (C=O) groups is 1. The Hall–Kier alpha value is -1.10. The van der Waals surface area contributed by atoms with E-state index in [9.17, 15) is 4.79 Å². The van der Waals surface area contributed by atoms with Crippen LogP contribution in [0.3, 0.4) is 0 Å². The molecule has 1 aromatic rings. The predicted molar refractivity (Wildman–Crippen MR) is 49.2 cm³/mol. The van der Waals surface area contributed by atoms with Crippen LogP contribution in [0, 0.1) is 0 Å². The number of amides is 1. The number of carbonyl (C=O) groups excluding carboxylic acids is 1. The van der Waals surface area contributed by atoms with Crippen LogP contribution in [0.5, 0.6) is 0 Å². The van der Waals surface area contributed by atoms with Gasteiger partial charge in [-0.3, -0.25) is 4.98 Å². The van der Waals surface area contributed by atoms with Gasteiger partial charge in [0.1, 0.15) is 6.61 Å². The second kappa shape index (κ2) is 3.33. The van der Waals surface area contributed by atoms with Crippen molar-refractivity contribution in [2.45, 2.75) is 6.04 Å². The van der Waals surface area contributed by atoms with Gasteiger partial charge in [-0.1, -0.05) is 0 Å². The van der Waals surface area contributed by atoms with E-state index in [0.717, 1.165) is 10.0 Å². The fourth-order valence-electron chi connectivity index (χ4n) is 1.18. The number of halogens is 1. The smallest absolute Gasteiger partial charge is 0.407 e. The maximum absolute atomic E-state index is 10.7. The summed E-state index contributed by atoms with van der Waals surface area (Å²) in [5.74, 6) is 0. The number of aromatic nitrogens is 1. The molecular weight excluding hydrogens is 236 g/mol. The lowest BCUT2D eigenvalue weighted by atomic mass is 10.1. The van der Waals surface area contributed by atoms with Gasteiger partial charge in [0, 0.05) is 16.9 Å². The molecule has 1 fully saturated rings. The Morgan fingerprint density at radius 2 is 2.46 bits per heavy atom. The van der Waals surface area contributed by atoms with E-state index in [2.05, 4.69) is 26.2 Å². The molecule has 0 bridgehead atoms. The summed E-state index contributed by atoms with van der Waals surface area (Å²) in [7, 11) is 0. The number of hydrogen-bond donors (Lipinski definition) is 1. The van der Waals surface area contributed by atoms with E-state index in [1.807, 2.05) is 6.07 Å². The second-order valence-electron chi connectivity index (χ2n) is 2.73. The highest BCUT2D eigenvalue weighted by molar-refractivity contribution is 9.10. The van der Waals surface area contributed by atoms with E-state index in [-0.39, 0.29) is 12.1 Å². The minimum absolute atomic E-state index is 0.0718. The number of hydrogen-bond acceptors (Lipinski definition) is 3. The molecule has 2 rings (SSSR count). The molecule has 5 heteroatoms. The number of pyridine rings is 1. The van der Waals surface area contributed by atoms with Crippen molar-refractivity contribution < 1.29 is 9.53 Å². The Labute approximate surface area is 83.4 Å². The van der Waals surface area contributed by atoms with Crippen molar-refractivity contribution in [3.8, 4) is 0 Å². The average molecular weight is 243 g/mol. The maximum atomic E-state index is 10.7. The highest BCUT2D eigenvalue weighted by Crippen LogP contribution is 2.19. The van der Waals surface area contributed by atoms with Crippen molar-refractivity contribution >= 4 is 22.0 Å². The van der Waals surface area contributed by atoms with Crippen LogP contribution < -0.4 is 5.32 Å². The molecule has 0 spiro atoms. The van der Waals surface area contributed by atoms with E-state index in [1.165, 1.54) is 0 Å².